The van der Waals surface area contributed by atoms with Gasteiger partial charge in [-0.3, -0.25) is 4.68 Å². The number of hydrogen-bond acceptors (Lipinski definition) is 11. The molecule has 9 rings (SSSR count). The molecule has 0 aliphatic carbocycles. The molecule has 0 amide bonds. The van der Waals surface area contributed by atoms with Crippen molar-refractivity contribution in [3.63, 3.8) is 0 Å². The Kier molecular flexibility index (Phi) is 12.1. The molecule has 14 nitrogen and oxygen atoms in total. The lowest BCUT2D eigenvalue weighted by Gasteiger charge is -2.13. The molecule has 2 aliphatic heterocycles. The van der Waals surface area contributed by atoms with E-state index in [-0.39, 0.29) is 30.8 Å². The minimum Gasteiger partial charge on any atom is -0.382 e. The zero-order valence-corrected chi connectivity index (χ0v) is 33.0. The average Bonchev–Trinajstić information content (AvgIpc) is 4.08. The van der Waals surface area contributed by atoms with Gasteiger partial charge < -0.3 is 29.6 Å². The molecule has 0 atom stereocenters. The summed E-state index contributed by atoms with van der Waals surface area (Å²) in [6.45, 7) is 1.69. The van der Waals surface area contributed by atoms with Gasteiger partial charge in [0.25, 0.3) is 0 Å². The molecule has 7 heterocycles. The molecule has 2 fully saturated rings. The normalized spacial score (nSPS) is 15.1. The van der Waals surface area contributed by atoms with E-state index in [2.05, 4.69) is 30.8 Å². The molecule has 0 radical (unpaired) electrons. The van der Waals surface area contributed by atoms with Crippen LogP contribution in [-0.4, -0.2) is 90.8 Å². The van der Waals surface area contributed by atoms with Gasteiger partial charge in [0.15, 0.2) is 29.0 Å². The molecule has 2 aliphatic rings. The third kappa shape index (κ3) is 9.89. The van der Waals surface area contributed by atoms with Crippen LogP contribution in [0.2, 0.25) is 5.15 Å². The van der Waals surface area contributed by atoms with Crippen molar-refractivity contribution in [2.24, 2.45) is 7.05 Å². The van der Waals surface area contributed by atoms with E-state index < -0.39 is 25.2 Å². The minimum atomic E-state index is -4.25. The van der Waals surface area contributed by atoms with Crippen molar-refractivity contribution >= 4 is 34.3 Å². The van der Waals surface area contributed by atoms with Crippen LogP contribution in [0.5, 0.6) is 0 Å². The van der Waals surface area contributed by atoms with Crippen LogP contribution in [0.4, 0.5) is 37.7 Å². The molecule has 21 heteroatoms. The minimum absolute atomic E-state index is 0.144. The maximum absolute atomic E-state index is 12.7. The quantitative estimate of drug-likeness (QED) is 0.121. The maximum Gasteiger partial charge on any atom is 0.390 e. The van der Waals surface area contributed by atoms with Crippen LogP contribution in [0.15, 0.2) is 85.3 Å². The maximum atomic E-state index is 12.7. The molecule has 2 saturated heterocycles. The number of ether oxygens (including phenoxy) is 4. The van der Waals surface area contributed by atoms with E-state index >= 15 is 0 Å². The second kappa shape index (κ2) is 17.7. The number of nitrogens with one attached hydrogen (secondary N) is 2. The highest BCUT2D eigenvalue weighted by Gasteiger charge is 2.28. The van der Waals surface area contributed by atoms with Gasteiger partial charge in [0.2, 0.25) is 0 Å². The third-order valence-electron chi connectivity index (χ3n) is 9.64. The van der Waals surface area contributed by atoms with E-state index in [0.29, 0.717) is 66.2 Å². The zero-order chi connectivity index (χ0) is 42.7. The first kappa shape index (κ1) is 41.9. The predicted octanol–water partition coefficient (Wildman–Crippen LogP) is 8.67. The molecule has 0 saturated carbocycles. The summed E-state index contributed by atoms with van der Waals surface area (Å²) in [7, 11) is 1.78. The first-order valence-electron chi connectivity index (χ1n) is 19.0. The van der Waals surface area contributed by atoms with Crippen LogP contribution in [0.1, 0.15) is 36.5 Å². The Balaban J connectivity index is 0.000000171. The average molecular weight is 871 g/mol. The molecule has 0 spiro atoms. The highest BCUT2D eigenvalue weighted by Crippen LogP contribution is 2.32. The Bertz CT molecular complexity index is 2580. The summed E-state index contributed by atoms with van der Waals surface area (Å²) in [5.41, 5.74) is 7.80. The number of nitrogens with zero attached hydrogens (tertiary/aromatic N) is 8. The van der Waals surface area contributed by atoms with Crippen molar-refractivity contribution in [2.75, 3.05) is 50.2 Å². The van der Waals surface area contributed by atoms with Gasteiger partial charge in [0, 0.05) is 54.7 Å². The number of aromatic nitrogens is 8. The van der Waals surface area contributed by atoms with Crippen LogP contribution < -0.4 is 10.6 Å². The van der Waals surface area contributed by atoms with Crippen LogP contribution in [0.3, 0.4) is 0 Å². The van der Waals surface area contributed by atoms with Crippen LogP contribution in [0, 0.1) is 0 Å². The topological polar surface area (TPSA) is 139 Å². The fraction of sp³-hybridized carbons (Fsp3) is 0.325. The second-order valence-electron chi connectivity index (χ2n) is 13.9. The number of halogens is 7. The van der Waals surface area contributed by atoms with Gasteiger partial charge in [0.05, 0.1) is 80.1 Å². The second-order valence-corrected chi connectivity index (χ2v) is 14.3. The first-order valence-corrected chi connectivity index (χ1v) is 19.4. The van der Waals surface area contributed by atoms with E-state index in [1.807, 2.05) is 48.5 Å². The van der Waals surface area contributed by atoms with Crippen molar-refractivity contribution < 1.29 is 45.3 Å². The van der Waals surface area contributed by atoms with Crippen molar-refractivity contribution in [3.05, 3.63) is 102 Å². The molecule has 0 bridgehead atoms. The molecule has 2 aromatic carbocycles. The van der Waals surface area contributed by atoms with Crippen molar-refractivity contribution in [2.45, 2.75) is 37.8 Å². The first-order chi connectivity index (χ1) is 29.3. The molecule has 0 unspecified atom stereocenters. The molecule has 2 N–H and O–H groups in total. The number of alkyl halides is 6. The summed E-state index contributed by atoms with van der Waals surface area (Å²) in [6, 6.07) is 20.1. The molecular weight excluding hydrogens is 834 g/mol. The van der Waals surface area contributed by atoms with Crippen LogP contribution >= 0.6 is 11.6 Å². The van der Waals surface area contributed by atoms with Gasteiger partial charge in [-0.05, 0) is 12.1 Å². The summed E-state index contributed by atoms with van der Waals surface area (Å²) in [6.07, 6.45) is -6.26. The predicted molar refractivity (Wildman–Crippen MR) is 212 cm³/mol. The Morgan fingerprint density at radius 3 is 1.54 bits per heavy atom. The lowest BCUT2D eigenvalue weighted by Crippen LogP contribution is -2.15. The number of rotatable bonds is 11. The number of anilines is 2. The van der Waals surface area contributed by atoms with Gasteiger partial charge in [0.1, 0.15) is 5.69 Å². The molecule has 7 aromatic rings. The van der Waals surface area contributed by atoms with E-state index in [9.17, 15) is 26.3 Å². The summed E-state index contributed by atoms with van der Waals surface area (Å²) in [5.74, 6) is 0. The number of hydrogen-bond donors (Lipinski definition) is 2. The number of benzene rings is 2. The summed E-state index contributed by atoms with van der Waals surface area (Å²) in [4.78, 5) is 8.74. The summed E-state index contributed by atoms with van der Waals surface area (Å²) in [5, 5.41) is 18.9. The van der Waals surface area contributed by atoms with E-state index in [0.717, 1.165) is 27.9 Å². The Hall–Kier alpha value is -5.80. The van der Waals surface area contributed by atoms with Gasteiger partial charge >= 0.3 is 12.4 Å². The van der Waals surface area contributed by atoms with Crippen molar-refractivity contribution in [3.8, 4) is 33.9 Å². The van der Waals surface area contributed by atoms with Gasteiger partial charge in [-0.15, -0.1) is 0 Å². The lowest BCUT2D eigenvalue weighted by molar-refractivity contribution is -0.132. The summed E-state index contributed by atoms with van der Waals surface area (Å²) < 4.78 is 102. The van der Waals surface area contributed by atoms with Crippen LogP contribution in [0.25, 0.3) is 45.2 Å². The highest BCUT2D eigenvalue weighted by molar-refractivity contribution is 6.29. The molecule has 61 heavy (non-hydrogen) atoms. The van der Waals surface area contributed by atoms with Gasteiger partial charge in [-0.1, -0.05) is 60.1 Å². The largest absolute Gasteiger partial charge is 0.390 e. The Morgan fingerprint density at radius 1 is 0.639 bits per heavy atom. The van der Waals surface area contributed by atoms with Crippen LogP contribution in [-0.2, 0) is 26.0 Å². The van der Waals surface area contributed by atoms with E-state index in [1.165, 1.54) is 10.6 Å². The van der Waals surface area contributed by atoms with Gasteiger partial charge in [-0.2, -0.15) is 41.6 Å². The zero-order valence-electron chi connectivity index (χ0n) is 32.3. The monoisotopic (exact) mass is 870 g/mol. The van der Waals surface area contributed by atoms with Crippen molar-refractivity contribution in [1.29, 1.82) is 0 Å². The van der Waals surface area contributed by atoms with Gasteiger partial charge in [-0.25, -0.2) is 19.0 Å². The SMILES string of the molecule is Cn1nccc1-c1cc(NCCC(F)(F)F)c2ncc(-c3ccc(C4OCCO4)cc3)n2n1.FC(F)(F)CCNc1cc(Cl)nn2c(-c3ccc(C4OCCO4)cc3)cnc12. The fourth-order valence-corrected chi connectivity index (χ4v) is 6.90. The Labute approximate surface area is 348 Å². The van der Waals surface area contributed by atoms with E-state index in [1.54, 1.807) is 47.0 Å². The Morgan fingerprint density at radius 2 is 1.10 bits per heavy atom. The number of imidazole rings is 2. The third-order valence-corrected chi connectivity index (χ3v) is 9.82. The molecular formula is C40H37ClF6N10O4. The number of fused-ring (bicyclic) bond motifs is 2. The highest BCUT2D eigenvalue weighted by atomic mass is 35.5. The summed E-state index contributed by atoms with van der Waals surface area (Å²) >= 11 is 6.07. The smallest absolute Gasteiger partial charge is 0.382 e. The van der Waals surface area contributed by atoms with E-state index in [4.69, 9.17) is 35.6 Å². The molecule has 5 aromatic heterocycles. The van der Waals surface area contributed by atoms with Crippen molar-refractivity contribution in [1.82, 2.24) is 39.0 Å². The number of aryl methyl sites for hydroxylation is 1. The fourth-order valence-electron chi connectivity index (χ4n) is 6.71. The lowest BCUT2D eigenvalue weighted by atomic mass is 10.1. The molecule has 320 valence electrons. The standard InChI is InChI=1S/C22H21F3N6O2.C18H16ClF3N4O2/c1-30-18(6-8-28-30)16-12-17(26-9-7-22(23,24)25)20-27-13-19(31(20)29-16)14-2-4-15(5-3-14)21-32-10-11-33-21;19-15-9-13(23-6-5-18(20,21)22)16-24-10-14(26(16)25-15)11-1-3-12(4-2-11)17-27-7-8-28-17/h2-6,8,12-13,21,26H,7,9-11H2,1H3;1-4,9-10,17,23H,5-8H2.